The predicted molar refractivity (Wildman–Crippen MR) is 96.9 cm³/mol. The molecular formula is C16H18N6OS2. The standard InChI is InChI=1S/C16H18N6OS2/c1-2-8-21(7-1)15-18-19-16(22(15)11-5-6-11)25-10-13-17-14(23-20-13)12-4-3-9-24-12/h3-4,9,11H,1-2,5-8,10H2. The molecule has 0 spiro atoms. The number of nitrogens with zero attached hydrogens (tertiary/aromatic N) is 6. The maximum atomic E-state index is 5.36. The Bertz CT molecular complexity index is 848. The molecule has 1 saturated heterocycles. The molecule has 5 rings (SSSR count). The predicted octanol–water partition coefficient (Wildman–Crippen LogP) is 3.62. The van der Waals surface area contributed by atoms with E-state index >= 15 is 0 Å². The topological polar surface area (TPSA) is 72.9 Å². The van der Waals surface area contributed by atoms with E-state index in [1.54, 1.807) is 23.1 Å². The fraction of sp³-hybridized carbons (Fsp3) is 0.500. The van der Waals surface area contributed by atoms with Crippen molar-refractivity contribution in [3.05, 3.63) is 23.3 Å². The Morgan fingerprint density at radius 2 is 2.12 bits per heavy atom. The fourth-order valence-electron chi connectivity index (χ4n) is 3.09. The minimum Gasteiger partial charge on any atom is -0.341 e. The molecule has 0 unspecified atom stereocenters. The zero-order valence-corrected chi connectivity index (χ0v) is 15.3. The van der Waals surface area contributed by atoms with Crippen molar-refractivity contribution in [3.8, 4) is 10.8 Å². The quantitative estimate of drug-likeness (QED) is 0.610. The summed E-state index contributed by atoms with van der Waals surface area (Å²) < 4.78 is 7.67. The van der Waals surface area contributed by atoms with Gasteiger partial charge in [-0.25, -0.2) is 0 Å². The Kier molecular flexibility index (Phi) is 3.97. The number of hydrogen-bond donors (Lipinski definition) is 0. The minimum absolute atomic E-state index is 0.556. The third-order valence-electron chi connectivity index (χ3n) is 4.48. The number of aromatic nitrogens is 5. The Morgan fingerprint density at radius 3 is 2.88 bits per heavy atom. The van der Waals surface area contributed by atoms with Crippen LogP contribution in [-0.4, -0.2) is 38.0 Å². The van der Waals surface area contributed by atoms with Crippen molar-refractivity contribution in [1.82, 2.24) is 24.9 Å². The molecule has 0 N–H and O–H groups in total. The molecule has 0 bridgehead atoms. The number of thioether (sulfide) groups is 1. The van der Waals surface area contributed by atoms with Crippen LogP contribution in [0.1, 0.15) is 37.5 Å². The molecule has 4 heterocycles. The van der Waals surface area contributed by atoms with Gasteiger partial charge in [-0.15, -0.1) is 21.5 Å². The second-order valence-electron chi connectivity index (χ2n) is 6.36. The smallest absolute Gasteiger partial charge is 0.268 e. The molecule has 2 fully saturated rings. The summed E-state index contributed by atoms with van der Waals surface area (Å²) in [6.45, 7) is 2.18. The molecule has 7 nitrogen and oxygen atoms in total. The van der Waals surface area contributed by atoms with Gasteiger partial charge in [0.05, 0.1) is 10.6 Å². The van der Waals surface area contributed by atoms with Crippen molar-refractivity contribution in [3.63, 3.8) is 0 Å². The molecule has 1 aliphatic heterocycles. The molecule has 0 aromatic carbocycles. The van der Waals surface area contributed by atoms with E-state index in [1.165, 1.54) is 25.7 Å². The summed E-state index contributed by atoms with van der Waals surface area (Å²) in [5.74, 6) is 2.96. The van der Waals surface area contributed by atoms with Crippen molar-refractivity contribution < 1.29 is 4.52 Å². The highest BCUT2D eigenvalue weighted by Crippen LogP contribution is 2.41. The highest BCUT2D eigenvalue weighted by molar-refractivity contribution is 7.98. The first-order valence-electron chi connectivity index (χ1n) is 8.57. The van der Waals surface area contributed by atoms with Crippen LogP contribution in [0.25, 0.3) is 10.8 Å². The molecule has 1 saturated carbocycles. The van der Waals surface area contributed by atoms with E-state index in [9.17, 15) is 0 Å². The van der Waals surface area contributed by atoms with Crippen LogP contribution in [0.2, 0.25) is 0 Å². The molecule has 9 heteroatoms. The summed E-state index contributed by atoms with van der Waals surface area (Å²) in [4.78, 5) is 7.85. The minimum atomic E-state index is 0.556. The molecule has 2 aliphatic rings. The van der Waals surface area contributed by atoms with Gasteiger partial charge in [-0.05, 0) is 37.1 Å². The second-order valence-corrected chi connectivity index (χ2v) is 8.25. The summed E-state index contributed by atoms with van der Waals surface area (Å²) in [5, 5.41) is 16.0. The van der Waals surface area contributed by atoms with Crippen LogP contribution >= 0.6 is 23.1 Å². The van der Waals surface area contributed by atoms with E-state index in [-0.39, 0.29) is 0 Å². The number of anilines is 1. The van der Waals surface area contributed by atoms with Gasteiger partial charge in [-0.2, -0.15) is 4.98 Å². The lowest BCUT2D eigenvalue weighted by Crippen LogP contribution is -2.22. The van der Waals surface area contributed by atoms with Gasteiger partial charge in [0.15, 0.2) is 11.0 Å². The van der Waals surface area contributed by atoms with Crippen molar-refractivity contribution in [2.45, 2.75) is 42.6 Å². The van der Waals surface area contributed by atoms with Gasteiger partial charge in [-0.1, -0.05) is 23.0 Å². The third-order valence-corrected chi connectivity index (χ3v) is 6.27. The van der Waals surface area contributed by atoms with Crippen molar-refractivity contribution in [2.75, 3.05) is 18.0 Å². The molecule has 25 heavy (non-hydrogen) atoms. The average Bonchev–Trinajstić information content (AvgIpc) is 3.16. The number of thiophene rings is 1. The lowest BCUT2D eigenvalue weighted by molar-refractivity contribution is 0.426. The van der Waals surface area contributed by atoms with E-state index in [0.717, 1.165) is 29.1 Å². The monoisotopic (exact) mass is 374 g/mol. The Labute approximate surface area is 153 Å². The van der Waals surface area contributed by atoms with Crippen LogP contribution < -0.4 is 4.90 Å². The summed E-state index contributed by atoms with van der Waals surface area (Å²) >= 11 is 3.24. The highest BCUT2D eigenvalue weighted by Gasteiger charge is 2.32. The molecule has 1 aliphatic carbocycles. The lowest BCUT2D eigenvalue weighted by atomic mass is 10.4. The summed E-state index contributed by atoms with van der Waals surface area (Å²) in [6, 6.07) is 4.53. The summed E-state index contributed by atoms with van der Waals surface area (Å²) in [5.41, 5.74) is 0. The second kappa shape index (κ2) is 6.45. The van der Waals surface area contributed by atoms with E-state index in [4.69, 9.17) is 4.52 Å². The summed E-state index contributed by atoms with van der Waals surface area (Å²) in [7, 11) is 0. The molecule has 0 atom stereocenters. The van der Waals surface area contributed by atoms with Gasteiger partial charge in [0.2, 0.25) is 5.95 Å². The fourth-order valence-corrected chi connectivity index (χ4v) is 4.58. The first-order valence-corrected chi connectivity index (χ1v) is 10.4. The van der Waals surface area contributed by atoms with Gasteiger partial charge in [0, 0.05) is 19.1 Å². The van der Waals surface area contributed by atoms with Crippen molar-refractivity contribution >= 4 is 29.0 Å². The third kappa shape index (κ3) is 3.06. The maximum absolute atomic E-state index is 5.36. The van der Waals surface area contributed by atoms with Gasteiger partial charge in [0.25, 0.3) is 5.89 Å². The van der Waals surface area contributed by atoms with Gasteiger partial charge in [-0.3, -0.25) is 4.57 Å². The van der Waals surface area contributed by atoms with E-state index < -0.39 is 0 Å². The number of hydrogen-bond acceptors (Lipinski definition) is 8. The Morgan fingerprint density at radius 1 is 1.24 bits per heavy atom. The van der Waals surface area contributed by atoms with Crippen LogP contribution in [0, 0.1) is 0 Å². The molecule has 3 aromatic heterocycles. The Balaban J connectivity index is 1.33. The van der Waals surface area contributed by atoms with Crippen LogP contribution in [0.15, 0.2) is 27.2 Å². The number of rotatable bonds is 6. The highest BCUT2D eigenvalue weighted by atomic mass is 32.2. The normalized spacial score (nSPS) is 17.5. The van der Waals surface area contributed by atoms with Gasteiger partial charge in [0.1, 0.15) is 0 Å². The first-order chi connectivity index (χ1) is 12.4. The van der Waals surface area contributed by atoms with Gasteiger partial charge >= 0.3 is 0 Å². The average molecular weight is 374 g/mol. The van der Waals surface area contributed by atoms with Gasteiger partial charge < -0.3 is 9.42 Å². The van der Waals surface area contributed by atoms with Crippen LogP contribution in [-0.2, 0) is 5.75 Å². The molecule has 0 amide bonds. The van der Waals surface area contributed by atoms with Crippen molar-refractivity contribution in [1.29, 1.82) is 0 Å². The molecule has 130 valence electrons. The summed E-state index contributed by atoms with van der Waals surface area (Å²) in [6.07, 6.45) is 4.93. The van der Waals surface area contributed by atoms with E-state index in [0.29, 0.717) is 23.5 Å². The van der Waals surface area contributed by atoms with Crippen LogP contribution in [0.4, 0.5) is 5.95 Å². The molecular weight excluding hydrogens is 356 g/mol. The van der Waals surface area contributed by atoms with E-state index in [2.05, 4.69) is 29.8 Å². The molecule has 0 radical (unpaired) electrons. The largest absolute Gasteiger partial charge is 0.341 e. The van der Waals surface area contributed by atoms with Crippen LogP contribution in [0.5, 0.6) is 0 Å². The lowest BCUT2D eigenvalue weighted by Gasteiger charge is -2.17. The van der Waals surface area contributed by atoms with Crippen LogP contribution in [0.3, 0.4) is 0 Å². The zero-order valence-electron chi connectivity index (χ0n) is 13.7. The molecule has 3 aromatic rings. The Hall–Kier alpha value is -1.87. The van der Waals surface area contributed by atoms with Crippen molar-refractivity contribution in [2.24, 2.45) is 0 Å². The SMILES string of the molecule is c1csc(-c2nc(CSc3nnc(N4CCCC4)n3C3CC3)no2)c1. The maximum Gasteiger partial charge on any atom is 0.268 e. The van der Waals surface area contributed by atoms with E-state index in [1.807, 2.05) is 17.5 Å². The first kappa shape index (κ1) is 15.4. The zero-order chi connectivity index (χ0) is 16.6.